The van der Waals surface area contributed by atoms with Crippen LogP contribution >= 0.6 is 24.0 Å². The molecule has 9 heteroatoms. The number of thioether (sulfide) groups is 1. The average Bonchev–Trinajstić information content (AvgIpc) is 3.27. The van der Waals surface area contributed by atoms with Crippen molar-refractivity contribution in [3.63, 3.8) is 0 Å². The smallest absolute Gasteiger partial charge is 0.340 e. The van der Waals surface area contributed by atoms with Gasteiger partial charge in [-0.05, 0) is 31.2 Å². The van der Waals surface area contributed by atoms with Crippen LogP contribution in [0, 0.1) is 0 Å². The Bertz CT molecular complexity index is 897. The molecule has 1 saturated heterocycles. The summed E-state index contributed by atoms with van der Waals surface area (Å²) in [6, 6.07) is 10.1. The molecule has 2 aromatic rings. The van der Waals surface area contributed by atoms with Crippen LogP contribution in [0.1, 0.15) is 29.5 Å². The predicted octanol–water partition coefficient (Wildman–Crippen LogP) is 3.21. The normalized spacial score (nSPS) is 16.3. The number of esters is 1. The highest BCUT2D eigenvalue weighted by atomic mass is 32.2. The lowest BCUT2D eigenvalue weighted by atomic mass is 10.1. The fourth-order valence-electron chi connectivity index (χ4n) is 2.68. The van der Waals surface area contributed by atoms with E-state index in [0.717, 1.165) is 0 Å². The summed E-state index contributed by atoms with van der Waals surface area (Å²) in [6.45, 7) is 2.18. The standard InChI is InChI=1S/C19H18N2O5S2/c1-2-25-18(24)13-7-3-4-8-14(13)20-16(22)10-15-17(23)21(19(27)28-15)11-12-6-5-9-26-12/h3-9,15H,2,10-11H2,1H3,(H,20,22)/t15-/m0/s1. The first-order valence-corrected chi connectivity index (χ1v) is 9.88. The summed E-state index contributed by atoms with van der Waals surface area (Å²) < 4.78 is 10.7. The number of amides is 2. The minimum atomic E-state index is -0.614. The van der Waals surface area contributed by atoms with Crippen LogP contribution in [0.2, 0.25) is 0 Å². The second-order valence-corrected chi connectivity index (χ2v) is 7.73. The topological polar surface area (TPSA) is 88.8 Å². The number of ether oxygens (including phenoxy) is 1. The second kappa shape index (κ2) is 9.03. The highest BCUT2D eigenvalue weighted by molar-refractivity contribution is 8.24. The fourth-order valence-corrected chi connectivity index (χ4v) is 4.17. The Morgan fingerprint density at radius 3 is 2.79 bits per heavy atom. The van der Waals surface area contributed by atoms with Gasteiger partial charge in [0.15, 0.2) is 0 Å². The molecular formula is C19H18N2O5S2. The summed E-state index contributed by atoms with van der Waals surface area (Å²) in [6.07, 6.45) is 1.47. The van der Waals surface area contributed by atoms with Gasteiger partial charge >= 0.3 is 5.97 Å². The molecule has 0 spiro atoms. The van der Waals surface area contributed by atoms with Crippen LogP contribution in [0.15, 0.2) is 47.1 Å². The van der Waals surface area contributed by atoms with Gasteiger partial charge in [0.1, 0.15) is 10.1 Å². The number of anilines is 1. The summed E-state index contributed by atoms with van der Waals surface area (Å²) in [4.78, 5) is 38.5. The maximum absolute atomic E-state index is 12.6. The van der Waals surface area contributed by atoms with Crippen LogP contribution in [0.25, 0.3) is 0 Å². The number of nitrogens with one attached hydrogen (secondary N) is 1. The van der Waals surface area contributed by atoms with Gasteiger partial charge in [-0.1, -0.05) is 36.1 Å². The predicted molar refractivity (Wildman–Crippen MR) is 109 cm³/mol. The molecule has 0 bridgehead atoms. The molecule has 3 rings (SSSR count). The van der Waals surface area contributed by atoms with Gasteiger partial charge in [0.05, 0.1) is 35.9 Å². The van der Waals surface area contributed by atoms with E-state index in [4.69, 9.17) is 21.4 Å². The van der Waals surface area contributed by atoms with Crippen LogP contribution in [0.5, 0.6) is 0 Å². The van der Waals surface area contributed by atoms with Crippen molar-refractivity contribution < 1.29 is 23.5 Å². The van der Waals surface area contributed by atoms with Gasteiger partial charge in [-0.15, -0.1) is 0 Å². The number of carbonyl (C=O) groups excluding carboxylic acids is 3. The molecule has 2 amide bonds. The molecule has 1 aliphatic heterocycles. The number of benzene rings is 1. The molecule has 2 heterocycles. The second-order valence-electron chi connectivity index (χ2n) is 5.89. The van der Waals surface area contributed by atoms with E-state index >= 15 is 0 Å². The maximum atomic E-state index is 12.6. The number of rotatable bonds is 7. The molecule has 1 fully saturated rings. The minimum Gasteiger partial charge on any atom is -0.467 e. The molecule has 1 N–H and O–H groups in total. The van der Waals surface area contributed by atoms with E-state index in [-0.39, 0.29) is 37.0 Å². The molecule has 0 unspecified atom stereocenters. The van der Waals surface area contributed by atoms with E-state index in [1.54, 1.807) is 43.3 Å². The minimum absolute atomic E-state index is 0.0601. The van der Waals surface area contributed by atoms with E-state index in [0.29, 0.717) is 15.8 Å². The number of hydrogen-bond donors (Lipinski definition) is 1. The van der Waals surface area contributed by atoms with Gasteiger partial charge in [-0.3, -0.25) is 14.5 Å². The first-order valence-electron chi connectivity index (χ1n) is 8.60. The van der Waals surface area contributed by atoms with Crippen molar-refractivity contribution in [1.29, 1.82) is 0 Å². The van der Waals surface area contributed by atoms with Crippen LogP contribution in [0.3, 0.4) is 0 Å². The van der Waals surface area contributed by atoms with Crippen LogP contribution in [-0.4, -0.2) is 38.9 Å². The zero-order chi connectivity index (χ0) is 20.1. The number of thiocarbonyl (C=S) groups is 1. The van der Waals surface area contributed by atoms with Crippen molar-refractivity contribution in [2.24, 2.45) is 0 Å². The molecule has 0 radical (unpaired) electrons. The molecule has 7 nitrogen and oxygen atoms in total. The summed E-state index contributed by atoms with van der Waals surface area (Å²) in [7, 11) is 0. The Kier molecular flexibility index (Phi) is 6.48. The van der Waals surface area contributed by atoms with Gasteiger partial charge in [-0.25, -0.2) is 4.79 Å². The van der Waals surface area contributed by atoms with Crippen molar-refractivity contribution in [1.82, 2.24) is 4.90 Å². The molecule has 1 aliphatic rings. The molecule has 146 valence electrons. The highest BCUT2D eigenvalue weighted by Gasteiger charge is 2.38. The lowest BCUT2D eigenvalue weighted by Crippen LogP contribution is -2.32. The Balaban J connectivity index is 1.63. The number of nitrogens with zero attached hydrogens (tertiary/aromatic N) is 1. The average molecular weight is 418 g/mol. The quantitative estimate of drug-likeness (QED) is 0.545. The Morgan fingerprint density at radius 2 is 2.07 bits per heavy atom. The van der Waals surface area contributed by atoms with E-state index in [2.05, 4.69) is 5.32 Å². The van der Waals surface area contributed by atoms with E-state index in [1.807, 2.05) is 0 Å². The first-order chi connectivity index (χ1) is 13.5. The van der Waals surface area contributed by atoms with Crippen molar-refractivity contribution in [2.75, 3.05) is 11.9 Å². The maximum Gasteiger partial charge on any atom is 0.340 e. The molecule has 1 aromatic heterocycles. The number of para-hydroxylation sites is 1. The molecule has 28 heavy (non-hydrogen) atoms. The third-order valence-electron chi connectivity index (χ3n) is 3.97. The van der Waals surface area contributed by atoms with Crippen molar-refractivity contribution in [3.8, 4) is 0 Å². The molecule has 0 aliphatic carbocycles. The number of hydrogen-bond acceptors (Lipinski definition) is 7. The van der Waals surface area contributed by atoms with Crippen molar-refractivity contribution in [3.05, 3.63) is 54.0 Å². The summed E-state index contributed by atoms with van der Waals surface area (Å²) in [5.74, 6) is -0.522. The summed E-state index contributed by atoms with van der Waals surface area (Å²) in [5.41, 5.74) is 0.606. The SMILES string of the molecule is CCOC(=O)c1ccccc1NC(=O)C[C@@H]1SC(=S)N(Cc2ccco2)C1=O. The first kappa shape index (κ1) is 20.1. The Labute approximate surface area is 171 Å². The van der Waals surface area contributed by atoms with E-state index in [9.17, 15) is 14.4 Å². The highest BCUT2D eigenvalue weighted by Crippen LogP contribution is 2.31. The third kappa shape index (κ3) is 4.60. The number of carbonyl (C=O) groups is 3. The monoisotopic (exact) mass is 418 g/mol. The van der Waals surface area contributed by atoms with Crippen LogP contribution in [-0.2, 0) is 20.9 Å². The molecule has 0 saturated carbocycles. The van der Waals surface area contributed by atoms with Gasteiger partial charge in [0, 0.05) is 6.42 Å². The summed E-state index contributed by atoms with van der Waals surface area (Å²) >= 11 is 6.44. The summed E-state index contributed by atoms with van der Waals surface area (Å²) in [5, 5.41) is 2.07. The van der Waals surface area contributed by atoms with E-state index in [1.165, 1.54) is 22.9 Å². The molecule has 1 aromatic carbocycles. The zero-order valence-corrected chi connectivity index (χ0v) is 16.7. The molecule has 1 atom stereocenters. The van der Waals surface area contributed by atoms with E-state index < -0.39 is 11.2 Å². The third-order valence-corrected chi connectivity index (χ3v) is 5.55. The van der Waals surface area contributed by atoms with Gasteiger partial charge < -0.3 is 14.5 Å². The lowest BCUT2D eigenvalue weighted by Gasteiger charge is -2.14. The van der Waals surface area contributed by atoms with Gasteiger partial charge in [0.25, 0.3) is 0 Å². The van der Waals surface area contributed by atoms with Crippen LogP contribution in [0.4, 0.5) is 5.69 Å². The van der Waals surface area contributed by atoms with Gasteiger partial charge in [0.2, 0.25) is 11.8 Å². The molecular weight excluding hydrogens is 400 g/mol. The Morgan fingerprint density at radius 1 is 1.29 bits per heavy atom. The zero-order valence-electron chi connectivity index (χ0n) is 15.0. The van der Waals surface area contributed by atoms with Crippen molar-refractivity contribution >= 4 is 51.8 Å². The van der Waals surface area contributed by atoms with Crippen LogP contribution < -0.4 is 5.32 Å². The van der Waals surface area contributed by atoms with Crippen molar-refractivity contribution in [2.45, 2.75) is 25.1 Å². The fraction of sp³-hybridized carbons (Fsp3) is 0.263. The lowest BCUT2D eigenvalue weighted by molar-refractivity contribution is -0.128. The largest absolute Gasteiger partial charge is 0.467 e. The van der Waals surface area contributed by atoms with Gasteiger partial charge in [-0.2, -0.15) is 0 Å². The number of furan rings is 1. The Hall–Kier alpha value is -2.65.